The van der Waals surface area contributed by atoms with Gasteiger partial charge in [0.1, 0.15) is 0 Å². The van der Waals surface area contributed by atoms with Gasteiger partial charge in [-0.3, -0.25) is 9.80 Å². The lowest BCUT2D eigenvalue weighted by molar-refractivity contribution is 0.250. The third kappa shape index (κ3) is 2.17. The van der Waals surface area contributed by atoms with Crippen molar-refractivity contribution in [1.29, 1.82) is 0 Å². The summed E-state index contributed by atoms with van der Waals surface area (Å²) < 4.78 is 0. The number of hydrogen-bond donors (Lipinski definition) is 0. The molecule has 0 atom stereocenters. The summed E-state index contributed by atoms with van der Waals surface area (Å²) in [4.78, 5) is 17.0. The van der Waals surface area contributed by atoms with E-state index in [0.29, 0.717) is 0 Å². The summed E-state index contributed by atoms with van der Waals surface area (Å²) in [6.07, 6.45) is 4.21. The predicted molar refractivity (Wildman–Crippen MR) is 89.6 cm³/mol. The maximum absolute atomic E-state index is 13.1. The second-order valence-corrected chi connectivity index (χ2v) is 6.05. The summed E-state index contributed by atoms with van der Waals surface area (Å²) >= 11 is 0. The number of para-hydroxylation sites is 2. The van der Waals surface area contributed by atoms with Gasteiger partial charge in [0.05, 0.1) is 0 Å². The fraction of sp³-hybridized carbons (Fsp3) is 0.316. The van der Waals surface area contributed by atoms with Crippen molar-refractivity contribution >= 4 is 17.4 Å². The lowest BCUT2D eigenvalue weighted by atomic mass is 10.0. The van der Waals surface area contributed by atoms with Crippen LogP contribution in [0.5, 0.6) is 0 Å². The van der Waals surface area contributed by atoms with Crippen molar-refractivity contribution < 1.29 is 4.79 Å². The molecule has 2 amide bonds. The topological polar surface area (TPSA) is 23.6 Å². The average Bonchev–Trinajstić information content (AvgIpc) is 2.60. The zero-order valence-corrected chi connectivity index (χ0v) is 12.7. The molecule has 2 aromatic rings. The molecule has 2 aliphatic heterocycles. The smallest absolute Gasteiger partial charge is 0.294 e. The first kappa shape index (κ1) is 13.4. The van der Waals surface area contributed by atoms with E-state index in [1.165, 1.54) is 11.1 Å². The minimum Gasteiger partial charge on any atom is -0.294 e. The molecule has 0 aliphatic carbocycles. The molecule has 2 heterocycles. The van der Waals surface area contributed by atoms with Gasteiger partial charge in [0, 0.05) is 24.5 Å². The number of fused-ring (bicyclic) bond motifs is 2. The molecule has 22 heavy (non-hydrogen) atoms. The summed E-state index contributed by atoms with van der Waals surface area (Å²) in [5.74, 6) is 0. The summed E-state index contributed by atoms with van der Waals surface area (Å²) in [7, 11) is 0. The van der Waals surface area contributed by atoms with Crippen LogP contribution in [0.2, 0.25) is 0 Å². The highest BCUT2D eigenvalue weighted by molar-refractivity contribution is 6.04. The van der Waals surface area contributed by atoms with Gasteiger partial charge in [-0.05, 0) is 48.9 Å². The van der Waals surface area contributed by atoms with E-state index in [2.05, 4.69) is 36.4 Å². The molecule has 0 saturated carbocycles. The zero-order chi connectivity index (χ0) is 14.9. The minimum atomic E-state index is 0.124. The van der Waals surface area contributed by atoms with Crippen molar-refractivity contribution in [1.82, 2.24) is 0 Å². The molecule has 3 nitrogen and oxygen atoms in total. The van der Waals surface area contributed by atoms with Crippen LogP contribution in [0.15, 0.2) is 48.5 Å². The minimum absolute atomic E-state index is 0.124. The lowest BCUT2D eigenvalue weighted by Gasteiger charge is -2.36. The number of benzene rings is 2. The van der Waals surface area contributed by atoms with Crippen LogP contribution >= 0.6 is 0 Å². The molecule has 0 spiro atoms. The van der Waals surface area contributed by atoms with Crippen LogP contribution in [0.25, 0.3) is 0 Å². The quantitative estimate of drug-likeness (QED) is 0.719. The molecule has 0 unspecified atom stereocenters. The van der Waals surface area contributed by atoms with Crippen LogP contribution in [-0.2, 0) is 12.8 Å². The maximum Gasteiger partial charge on any atom is 0.328 e. The van der Waals surface area contributed by atoms with E-state index >= 15 is 0 Å². The van der Waals surface area contributed by atoms with Gasteiger partial charge in [-0.15, -0.1) is 0 Å². The van der Waals surface area contributed by atoms with Crippen molar-refractivity contribution in [2.45, 2.75) is 25.7 Å². The number of carbonyl (C=O) groups excluding carboxylic acids is 1. The van der Waals surface area contributed by atoms with Crippen LogP contribution in [0, 0.1) is 0 Å². The van der Waals surface area contributed by atoms with E-state index in [-0.39, 0.29) is 6.03 Å². The van der Waals surface area contributed by atoms with Gasteiger partial charge in [0.15, 0.2) is 0 Å². The molecule has 3 heteroatoms. The Labute approximate surface area is 131 Å². The van der Waals surface area contributed by atoms with E-state index < -0.39 is 0 Å². The summed E-state index contributed by atoms with van der Waals surface area (Å²) in [6.45, 7) is 1.63. The first-order chi connectivity index (χ1) is 10.8. The zero-order valence-electron chi connectivity index (χ0n) is 12.7. The third-order valence-electron chi connectivity index (χ3n) is 4.68. The van der Waals surface area contributed by atoms with E-state index in [0.717, 1.165) is 50.1 Å². The molecule has 0 radical (unpaired) electrons. The van der Waals surface area contributed by atoms with E-state index in [9.17, 15) is 4.79 Å². The number of carbonyl (C=O) groups is 1. The molecule has 0 fully saturated rings. The number of anilines is 2. The maximum atomic E-state index is 13.1. The van der Waals surface area contributed by atoms with E-state index in [1.54, 1.807) is 0 Å². The molecule has 4 rings (SSSR count). The molecule has 2 aromatic carbocycles. The Hall–Kier alpha value is -2.29. The van der Waals surface area contributed by atoms with Gasteiger partial charge in [0.2, 0.25) is 0 Å². The van der Waals surface area contributed by atoms with Crippen LogP contribution in [-0.4, -0.2) is 19.1 Å². The van der Waals surface area contributed by atoms with Crippen LogP contribution < -0.4 is 9.80 Å². The number of rotatable bonds is 0. The highest BCUT2D eigenvalue weighted by Crippen LogP contribution is 2.32. The largest absolute Gasteiger partial charge is 0.328 e. The molecular weight excluding hydrogens is 272 g/mol. The Morgan fingerprint density at radius 1 is 0.727 bits per heavy atom. The second kappa shape index (κ2) is 5.48. The second-order valence-electron chi connectivity index (χ2n) is 6.05. The number of nitrogens with zero attached hydrogens (tertiary/aromatic N) is 2. The van der Waals surface area contributed by atoms with Gasteiger partial charge in [-0.1, -0.05) is 36.4 Å². The van der Waals surface area contributed by atoms with Crippen molar-refractivity contribution in [3.63, 3.8) is 0 Å². The number of hydrogen-bond acceptors (Lipinski definition) is 1. The summed E-state index contributed by atoms with van der Waals surface area (Å²) in [6, 6.07) is 16.7. The fourth-order valence-electron chi connectivity index (χ4n) is 3.61. The molecular formula is C19H20N2O. The standard InChI is InChI=1S/C19H20N2O/c22-19(20-13-5-9-15-7-1-3-11-17(15)20)21-14-6-10-16-8-2-4-12-18(16)21/h1-4,7-8,11-12H,5-6,9-10,13-14H2. The number of amides is 2. The third-order valence-corrected chi connectivity index (χ3v) is 4.68. The Balaban J connectivity index is 1.69. The van der Waals surface area contributed by atoms with Crippen molar-refractivity contribution in [3.05, 3.63) is 59.7 Å². The first-order valence-corrected chi connectivity index (χ1v) is 8.09. The molecule has 2 aliphatic rings. The molecule has 0 bridgehead atoms. The number of urea groups is 1. The van der Waals surface area contributed by atoms with Crippen molar-refractivity contribution in [2.24, 2.45) is 0 Å². The number of aryl methyl sites for hydroxylation is 2. The van der Waals surface area contributed by atoms with Gasteiger partial charge in [0.25, 0.3) is 0 Å². The van der Waals surface area contributed by atoms with Crippen molar-refractivity contribution in [2.75, 3.05) is 22.9 Å². The van der Waals surface area contributed by atoms with Gasteiger partial charge in [-0.25, -0.2) is 4.79 Å². The molecule has 0 aromatic heterocycles. The van der Waals surface area contributed by atoms with Crippen LogP contribution in [0.3, 0.4) is 0 Å². The molecule has 112 valence electrons. The molecule has 0 saturated heterocycles. The Kier molecular flexibility index (Phi) is 3.34. The van der Waals surface area contributed by atoms with E-state index in [1.807, 2.05) is 21.9 Å². The summed E-state index contributed by atoms with van der Waals surface area (Å²) in [5.41, 5.74) is 4.74. The normalized spacial score (nSPS) is 16.9. The Morgan fingerprint density at radius 3 is 1.68 bits per heavy atom. The van der Waals surface area contributed by atoms with Gasteiger partial charge in [-0.2, -0.15) is 0 Å². The van der Waals surface area contributed by atoms with Crippen molar-refractivity contribution in [3.8, 4) is 0 Å². The van der Waals surface area contributed by atoms with Crippen LogP contribution in [0.4, 0.5) is 16.2 Å². The summed E-state index contributed by atoms with van der Waals surface area (Å²) in [5, 5.41) is 0. The first-order valence-electron chi connectivity index (χ1n) is 8.09. The van der Waals surface area contributed by atoms with E-state index in [4.69, 9.17) is 0 Å². The average molecular weight is 292 g/mol. The highest BCUT2D eigenvalue weighted by Gasteiger charge is 2.29. The van der Waals surface area contributed by atoms with Gasteiger partial charge >= 0.3 is 6.03 Å². The predicted octanol–water partition coefficient (Wildman–Crippen LogP) is 4.01. The lowest BCUT2D eigenvalue weighted by Crippen LogP contribution is -2.47. The SMILES string of the molecule is O=C(N1CCCc2ccccc21)N1CCCc2ccccc21. The Bertz CT molecular complexity index is 651. The molecule has 0 N–H and O–H groups in total. The Morgan fingerprint density at radius 2 is 1.18 bits per heavy atom. The fourth-order valence-corrected chi connectivity index (χ4v) is 3.61. The van der Waals surface area contributed by atoms with Crippen LogP contribution in [0.1, 0.15) is 24.0 Å². The monoisotopic (exact) mass is 292 g/mol. The van der Waals surface area contributed by atoms with Gasteiger partial charge < -0.3 is 0 Å². The highest BCUT2D eigenvalue weighted by atomic mass is 16.2.